The fourth-order valence-corrected chi connectivity index (χ4v) is 1.17. The molecule has 0 radical (unpaired) electrons. The zero-order chi connectivity index (χ0) is 14.1. The third-order valence-electron chi connectivity index (χ3n) is 2.33. The molecule has 4 nitrogen and oxygen atoms in total. The molecule has 0 saturated heterocycles. The maximum absolute atomic E-state index is 9.63. The Morgan fingerprint density at radius 2 is 2.00 bits per heavy atom. The predicted octanol–water partition coefficient (Wildman–Crippen LogP) is 2.93. The lowest BCUT2D eigenvalue weighted by atomic mass is 10.0. The molecule has 0 saturated carbocycles. The number of carboxylic acids is 1. The van der Waals surface area contributed by atoms with Gasteiger partial charge in [0.15, 0.2) is 0 Å². The van der Waals surface area contributed by atoms with Crippen molar-refractivity contribution >= 4 is 5.97 Å². The van der Waals surface area contributed by atoms with Gasteiger partial charge in [-0.25, -0.2) is 4.79 Å². The van der Waals surface area contributed by atoms with Crippen LogP contribution in [-0.4, -0.2) is 29.4 Å². The smallest absolute Gasteiger partial charge is 0.329 e. The standard InChI is InChI=1S/C10H14O.C4H8O3/c1-7(2)9-5-4-8(3)10(11)6-9;1-2-7-3-4(5)6/h4-7,11H,1-3H3;2-3H2,1H3,(H,5,6). The Bertz CT molecular complexity index is 372. The summed E-state index contributed by atoms with van der Waals surface area (Å²) in [6.45, 7) is 8.17. The van der Waals surface area contributed by atoms with Crippen LogP contribution in [-0.2, 0) is 9.53 Å². The largest absolute Gasteiger partial charge is 0.508 e. The first kappa shape index (κ1) is 16.4. The van der Waals surface area contributed by atoms with E-state index in [1.54, 1.807) is 6.92 Å². The Balaban J connectivity index is 0.000000360. The average molecular weight is 254 g/mol. The second-order valence-corrected chi connectivity index (χ2v) is 4.23. The fourth-order valence-electron chi connectivity index (χ4n) is 1.17. The maximum atomic E-state index is 9.63. The number of ether oxygens (including phenoxy) is 1. The van der Waals surface area contributed by atoms with Crippen molar-refractivity contribution in [3.05, 3.63) is 29.3 Å². The van der Waals surface area contributed by atoms with Crippen LogP contribution in [0.15, 0.2) is 18.2 Å². The van der Waals surface area contributed by atoms with Gasteiger partial charge in [-0.1, -0.05) is 26.0 Å². The van der Waals surface area contributed by atoms with Gasteiger partial charge in [0.25, 0.3) is 0 Å². The Kier molecular flexibility index (Phi) is 7.79. The molecule has 0 atom stereocenters. The summed E-state index contributed by atoms with van der Waals surface area (Å²) >= 11 is 0. The number of hydrogen-bond donors (Lipinski definition) is 2. The summed E-state index contributed by atoms with van der Waals surface area (Å²) in [7, 11) is 0. The van der Waals surface area contributed by atoms with Crippen molar-refractivity contribution in [2.24, 2.45) is 0 Å². The molecule has 0 aromatic heterocycles. The number of carboxylic acid groups (broad SMARTS) is 1. The summed E-state index contributed by atoms with van der Waals surface area (Å²) in [6.07, 6.45) is 0. The lowest BCUT2D eigenvalue weighted by molar-refractivity contribution is -0.142. The van der Waals surface area contributed by atoms with Crippen molar-refractivity contribution in [3.8, 4) is 5.75 Å². The molecule has 0 aliphatic carbocycles. The van der Waals surface area contributed by atoms with E-state index >= 15 is 0 Å². The predicted molar refractivity (Wildman–Crippen MR) is 71.1 cm³/mol. The SMILES string of the molecule is CCOCC(=O)O.Cc1ccc(C(C)C)cc1O. The molecule has 0 bridgehead atoms. The molecule has 1 aromatic carbocycles. The van der Waals surface area contributed by atoms with E-state index in [1.807, 2.05) is 19.1 Å². The molecule has 0 spiro atoms. The lowest BCUT2D eigenvalue weighted by Gasteiger charge is -2.06. The third kappa shape index (κ3) is 6.91. The minimum absolute atomic E-state index is 0.184. The Hall–Kier alpha value is -1.55. The first-order chi connectivity index (χ1) is 8.38. The van der Waals surface area contributed by atoms with Gasteiger partial charge in [-0.05, 0) is 37.0 Å². The number of carbonyl (C=O) groups is 1. The van der Waals surface area contributed by atoms with Gasteiger partial charge in [-0.15, -0.1) is 0 Å². The second-order valence-electron chi connectivity index (χ2n) is 4.23. The summed E-state index contributed by atoms with van der Waals surface area (Å²) < 4.78 is 4.50. The van der Waals surface area contributed by atoms with Crippen molar-refractivity contribution in [2.75, 3.05) is 13.2 Å². The molecular formula is C14H22O4. The van der Waals surface area contributed by atoms with Crippen molar-refractivity contribution < 1.29 is 19.7 Å². The van der Waals surface area contributed by atoms with Crippen LogP contribution >= 0.6 is 0 Å². The minimum atomic E-state index is -0.915. The molecular weight excluding hydrogens is 232 g/mol. The van der Waals surface area contributed by atoms with Crippen LogP contribution in [0.3, 0.4) is 0 Å². The number of benzene rings is 1. The highest BCUT2D eigenvalue weighted by Gasteiger charge is 2.01. The molecule has 0 amide bonds. The molecule has 1 aromatic rings. The van der Waals surface area contributed by atoms with E-state index in [2.05, 4.69) is 24.7 Å². The summed E-state index contributed by atoms with van der Waals surface area (Å²) in [5, 5.41) is 17.3. The van der Waals surface area contributed by atoms with Crippen LogP contribution in [0.5, 0.6) is 5.75 Å². The van der Waals surface area contributed by atoms with E-state index in [4.69, 9.17) is 5.11 Å². The number of phenols is 1. The summed E-state index contributed by atoms with van der Waals surface area (Å²) in [6, 6.07) is 5.84. The van der Waals surface area contributed by atoms with Crippen molar-refractivity contribution in [3.63, 3.8) is 0 Å². The molecule has 4 heteroatoms. The van der Waals surface area contributed by atoms with E-state index in [-0.39, 0.29) is 6.61 Å². The van der Waals surface area contributed by atoms with Crippen LogP contribution in [0, 0.1) is 6.92 Å². The maximum Gasteiger partial charge on any atom is 0.329 e. The van der Waals surface area contributed by atoms with Gasteiger partial charge in [0.05, 0.1) is 0 Å². The van der Waals surface area contributed by atoms with Gasteiger partial charge in [0, 0.05) is 6.61 Å². The number of aryl methyl sites for hydroxylation is 1. The second kappa shape index (κ2) is 8.53. The highest BCUT2D eigenvalue weighted by Crippen LogP contribution is 2.22. The third-order valence-corrected chi connectivity index (χ3v) is 2.33. The van der Waals surface area contributed by atoms with Crippen LogP contribution in [0.2, 0.25) is 0 Å². The van der Waals surface area contributed by atoms with Gasteiger partial charge < -0.3 is 14.9 Å². The quantitative estimate of drug-likeness (QED) is 0.867. The first-order valence-electron chi connectivity index (χ1n) is 5.97. The Morgan fingerprint density at radius 3 is 2.33 bits per heavy atom. The molecule has 18 heavy (non-hydrogen) atoms. The van der Waals surface area contributed by atoms with Crippen LogP contribution in [0.4, 0.5) is 0 Å². The average Bonchev–Trinajstić information content (AvgIpc) is 2.30. The summed E-state index contributed by atoms with van der Waals surface area (Å²) in [4.78, 5) is 9.63. The van der Waals surface area contributed by atoms with E-state index in [0.717, 1.165) is 5.56 Å². The molecule has 2 N–H and O–H groups in total. The van der Waals surface area contributed by atoms with E-state index in [9.17, 15) is 9.90 Å². The van der Waals surface area contributed by atoms with Crippen molar-refractivity contribution in [1.29, 1.82) is 0 Å². The normalized spacial score (nSPS) is 9.83. The van der Waals surface area contributed by atoms with E-state index in [1.165, 1.54) is 5.56 Å². The minimum Gasteiger partial charge on any atom is -0.508 e. The summed E-state index contributed by atoms with van der Waals surface area (Å²) in [5.41, 5.74) is 2.13. The molecule has 0 aliphatic rings. The van der Waals surface area contributed by atoms with Gasteiger partial charge in [-0.3, -0.25) is 0 Å². The Morgan fingerprint density at radius 1 is 1.39 bits per heavy atom. The fraction of sp³-hybridized carbons (Fsp3) is 0.500. The van der Waals surface area contributed by atoms with Crippen molar-refractivity contribution in [1.82, 2.24) is 0 Å². The number of aliphatic carboxylic acids is 1. The van der Waals surface area contributed by atoms with E-state index < -0.39 is 5.97 Å². The molecule has 0 unspecified atom stereocenters. The van der Waals surface area contributed by atoms with E-state index in [0.29, 0.717) is 18.3 Å². The van der Waals surface area contributed by atoms with Gasteiger partial charge in [-0.2, -0.15) is 0 Å². The van der Waals surface area contributed by atoms with Crippen LogP contribution in [0.25, 0.3) is 0 Å². The monoisotopic (exact) mass is 254 g/mol. The van der Waals surface area contributed by atoms with Crippen molar-refractivity contribution in [2.45, 2.75) is 33.6 Å². The number of phenolic OH excluding ortho intramolecular Hbond substituents is 1. The number of hydrogen-bond acceptors (Lipinski definition) is 3. The number of aromatic hydroxyl groups is 1. The van der Waals surface area contributed by atoms with Gasteiger partial charge in [0.2, 0.25) is 0 Å². The number of rotatable bonds is 4. The summed E-state index contributed by atoms with van der Waals surface area (Å²) in [5.74, 6) is -0.0282. The molecule has 102 valence electrons. The lowest BCUT2D eigenvalue weighted by Crippen LogP contribution is -2.05. The first-order valence-corrected chi connectivity index (χ1v) is 5.97. The van der Waals surface area contributed by atoms with Gasteiger partial charge in [0.1, 0.15) is 12.4 Å². The molecule has 1 rings (SSSR count). The molecule has 0 fully saturated rings. The van der Waals surface area contributed by atoms with Crippen LogP contribution in [0.1, 0.15) is 37.8 Å². The zero-order valence-corrected chi connectivity index (χ0v) is 11.4. The molecule has 0 heterocycles. The van der Waals surface area contributed by atoms with Gasteiger partial charge >= 0.3 is 5.97 Å². The topological polar surface area (TPSA) is 66.8 Å². The highest BCUT2D eigenvalue weighted by atomic mass is 16.5. The molecule has 0 aliphatic heterocycles. The zero-order valence-electron chi connectivity index (χ0n) is 11.4. The Labute approximate surface area is 108 Å². The highest BCUT2D eigenvalue weighted by molar-refractivity contribution is 5.67. The van der Waals surface area contributed by atoms with Crippen LogP contribution < -0.4 is 0 Å².